The van der Waals surface area contributed by atoms with Gasteiger partial charge in [0.05, 0.1) is 13.2 Å². The second-order valence-corrected chi connectivity index (χ2v) is 6.00. The molecule has 6 nitrogen and oxygen atoms in total. The van der Waals surface area contributed by atoms with Crippen LogP contribution >= 0.6 is 24.0 Å². The number of halogens is 2. The number of hydrogen-bond acceptors (Lipinski definition) is 4. The molecule has 1 heterocycles. The van der Waals surface area contributed by atoms with E-state index in [1.807, 2.05) is 37.1 Å². The predicted octanol–water partition coefficient (Wildman–Crippen LogP) is 3.46. The van der Waals surface area contributed by atoms with E-state index in [0.29, 0.717) is 32.2 Å². The van der Waals surface area contributed by atoms with Crippen LogP contribution < -0.4 is 10.1 Å². The van der Waals surface area contributed by atoms with Gasteiger partial charge >= 0.3 is 0 Å². The summed E-state index contributed by atoms with van der Waals surface area (Å²) in [5, 5.41) is 3.26. The number of aromatic nitrogens is 1. The number of methoxy groups -OCH3 is 1. The number of ether oxygens (including phenoxy) is 2. The van der Waals surface area contributed by atoms with Gasteiger partial charge in [0.25, 0.3) is 0 Å². The van der Waals surface area contributed by atoms with E-state index in [0.717, 1.165) is 23.6 Å². The summed E-state index contributed by atoms with van der Waals surface area (Å²) in [5.41, 5.74) is 1.87. The Bertz CT molecular complexity index is 728. The zero-order valence-corrected chi connectivity index (χ0v) is 18.9. The van der Waals surface area contributed by atoms with Gasteiger partial charge < -0.3 is 19.7 Å². The van der Waals surface area contributed by atoms with Gasteiger partial charge in [0.15, 0.2) is 5.96 Å². The number of rotatable bonds is 9. The van der Waals surface area contributed by atoms with Gasteiger partial charge in [-0.25, -0.2) is 14.4 Å². The average molecular weight is 502 g/mol. The second kappa shape index (κ2) is 13.3. The van der Waals surface area contributed by atoms with E-state index in [9.17, 15) is 4.39 Å². The molecule has 28 heavy (non-hydrogen) atoms. The molecule has 1 aromatic heterocycles. The molecule has 0 aliphatic carbocycles. The summed E-state index contributed by atoms with van der Waals surface area (Å²) < 4.78 is 23.8. The molecule has 2 aromatic rings. The van der Waals surface area contributed by atoms with Crippen molar-refractivity contribution in [1.29, 1.82) is 0 Å². The first kappa shape index (κ1) is 24.1. The highest BCUT2D eigenvalue weighted by atomic mass is 127. The van der Waals surface area contributed by atoms with Crippen LogP contribution in [0.25, 0.3) is 0 Å². The molecule has 1 N–H and O–H groups in total. The zero-order chi connectivity index (χ0) is 19.5. The monoisotopic (exact) mass is 502 g/mol. The summed E-state index contributed by atoms with van der Waals surface area (Å²) in [6.07, 6.45) is 1.75. The predicted molar refractivity (Wildman–Crippen MR) is 120 cm³/mol. The van der Waals surface area contributed by atoms with E-state index in [1.54, 1.807) is 19.4 Å². The minimum absolute atomic E-state index is 0. The van der Waals surface area contributed by atoms with Crippen LogP contribution in [0, 0.1) is 5.82 Å². The molecule has 1 aromatic carbocycles. The van der Waals surface area contributed by atoms with E-state index < -0.39 is 0 Å². The lowest BCUT2D eigenvalue weighted by Crippen LogP contribution is -2.38. The molecule has 0 aliphatic heterocycles. The van der Waals surface area contributed by atoms with Gasteiger partial charge in [-0.2, -0.15) is 0 Å². The molecular formula is C20H28FIN4O2. The van der Waals surface area contributed by atoms with Gasteiger partial charge in [0.1, 0.15) is 12.4 Å². The fourth-order valence-corrected chi connectivity index (χ4v) is 2.44. The van der Waals surface area contributed by atoms with Crippen LogP contribution in [-0.4, -0.2) is 49.8 Å². The first-order valence-electron chi connectivity index (χ1n) is 8.93. The fourth-order valence-electron chi connectivity index (χ4n) is 2.44. The number of hydrogen-bond donors (Lipinski definition) is 1. The maximum atomic E-state index is 13.4. The molecule has 8 heteroatoms. The highest BCUT2D eigenvalue weighted by Gasteiger charge is 2.07. The maximum absolute atomic E-state index is 13.4. The van der Waals surface area contributed by atoms with E-state index in [2.05, 4.69) is 15.3 Å². The normalized spacial score (nSPS) is 10.9. The number of benzene rings is 1. The molecule has 0 unspecified atom stereocenters. The van der Waals surface area contributed by atoms with Crippen LogP contribution in [0.3, 0.4) is 0 Å². The van der Waals surface area contributed by atoms with Crippen molar-refractivity contribution in [2.45, 2.75) is 20.0 Å². The number of aliphatic imine (C=N–C) groups is 1. The third-order valence-corrected chi connectivity index (χ3v) is 3.75. The van der Waals surface area contributed by atoms with Crippen molar-refractivity contribution < 1.29 is 13.9 Å². The third-order valence-electron chi connectivity index (χ3n) is 3.75. The first-order chi connectivity index (χ1) is 13.1. The maximum Gasteiger partial charge on any atom is 0.213 e. The lowest BCUT2D eigenvalue weighted by molar-refractivity contribution is 0.143. The Hall–Kier alpha value is -1.94. The lowest BCUT2D eigenvalue weighted by Gasteiger charge is -2.22. The highest BCUT2D eigenvalue weighted by Crippen LogP contribution is 2.10. The first-order valence-corrected chi connectivity index (χ1v) is 8.93. The van der Waals surface area contributed by atoms with Crippen molar-refractivity contribution in [3.63, 3.8) is 0 Å². The summed E-state index contributed by atoms with van der Waals surface area (Å²) in [6.45, 7) is 4.80. The molecule has 154 valence electrons. The number of nitrogens with zero attached hydrogens (tertiary/aromatic N) is 3. The minimum Gasteiger partial charge on any atom is -0.475 e. The van der Waals surface area contributed by atoms with Crippen molar-refractivity contribution in [3.8, 4) is 5.88 Å². The van der Waals surface area contributed by atoms with Crippen molar-refractivity contribution in [2.24, 2.45) is 4.99 Å². The fraction of sp³-hybridized carbons (Fsp3) is 0.400. The van der Waals surface area contributed by atoms with Gasteiger partial charge in [-0.05, 0) is 30.2 Å². The number of nitrogens with one attached hydrogen (secondary N) is 1. The van der Waals surface area contributed by atoms with E-state index in [4.69, 9.17) is 9.47 Å². The third kappa shape index (κ3) is 8.39. The standard InChI is InChI=1S/C20H27FN4O2.HI/c1-4-22-20(25(2)15-16-6-5-7-18(21)12-16)24-14-17-8-9-19(23-13-17)27-11-10-26-3;/h5-9,12-13H,4,10-11,14-15H2,1-3H3,(H,22,24);1H. The molecule has 0 radical (unpaired) electrons. The van der Waals surface area contributed by atoms with Gasteiger partial charge in [-0.1, -0.05) is 18.2 Å². The van der Waals surface area contributed by atoms with Crippen molar-refractivity contribution in [3.05, 3.63) is 59.5 Å². The Morgan fingerprint density at radius 3 is 2.68 bits per heavy atom. The van der Waals surface area contributed by atoms with Crippen LogP contribution in [-0.2, 0) is 17.8 Å². The molecule has 0 spiro atoms. The molecule has 0 fully saturated rings. The number of pyridine rings is 1. The second-order valence-electron chi connectivity index (χ2n) is 6.00. The largest absolute Gasteiger partial charge is 0.475 e. The van der Waals surface area contributed by atoms with Gasteiger partial charge in [-0.3, -0.25) is 0 Å². The Labute approximate surface area is 183 Å². The van der Waals surface area contributed by atoms with E-state index >= 15 is 0 Å². The van der Waals surface area contributed by atoms with Crippen LogP contribution in [0.4, 0.5) is 4.39 Å². The van der Waals surface area contributed by atoms with E-state index in [-0.39, 0.29) is 29.8 Å². The van der Waals surface area contributed by atoms with Crippen molar-refractivity contribution in [1.82, 2.24) is 15.2 Å². The van der Waals surface area contributed by atoms with Gasteiger partial charge in [0.2, 0.25) is 5.88 Å². The van der Waals surface area contributed by atoms with Crippen LogP contribution in [0.15, 0.2) is 47.6 Å². The molecule has 2 rings (SSSR count). The average Bonchev–Trinajstić information content (AvgIpc) is 2.66. The Morgan fingerprint density at radius 1 is 1.21 bits per heavy atom. The topological polar surface area (TPSA) is 59.0 Å². The Kier molecular flexibility index (Phi) is 11.4. The van der Waals surface area contributed by atoms with Crippen LogP contribution in [0.2, 0.25) is 0 Å². The van der Waals surface area contributed by atoms with Crippen LogP contribution in [0.1, 0.15) is 18.1 Å². The molecule has 0 atom stereocenters. The quantitative estimate of drug-likeness (QED) is 0.247. The SMILES string of the molecule is CCNC(=NCc1ccc(OCCOC)nc1)N(C)Cc1cccc(F)c1.I. The number of guanidine groups is 1. The summed E-state index contributed by atoms with van der Waals surface area (Å²) in [7, 11) is 3.56. The molecule has 0 bridgehead atoms. The smallest absolute Gasteiger partial charge is 0.213 e. The Morgan fingerprint density at radius 2 is 2.04 bits per heavy atom. The molecule has 0 saturated heterocycles. The molecule has 0 saturated carbocycles. The minimum atomic E-state index is -0.235. The summed E-state index contributed by atoms with van der Waals surface area (Å²) >= 11 is 0. The Balaban J connectivity index is 0.00000392. The van der Waals surface area contributed by atoms with Gasteiger partial charge in [0, 0.05) is 39.5 Å². The van der Waals surface area contributed by atoms with Gasteiger partial charge in [-0.15, -0.1) is 24.0 Å². The van der Waals surface area contributed by atoms with Crippen molar-refractivity contribution >= 4 is 29.9 Å². The molecule has 0 aliphatic rings. The van der Waals surface area contributed by atoms with Crippen molar-refractivity contribution in [2.75, 3.05) is 33.9 Å². The zero-order valence-electron chi connectivity index (χ0n) is 16.5. The molecule has 0 amide bonds. The van der Waals surface area contributed by atoms with Crippen LogP contribution in [0.5, 0.6) is 5.88 Å². The summed E-state index contributed by atoms with van der Waals surface area (Å²) in [4.78, 5) is 10.9. The lowest BCUT2D eigenvalue weighted by atomic mass is 10.2. The van der Waals surface area contributed by atoms with E-state index in [1.165, 1.54) is 12.1 Å². The highest BCUT2D eigenvalue weighted by molar-refractivity contribution is 14.0. The summed E-state index contributed by atoms with van der Waals surface area (Å²) in [6, 6.07) is 10.4. The molecular weight excluding hydrogens is 474 g/mol. The summed E-state index contributed by atoms with van der Waals surface area (Å²) in [5.74, 6) is 1.08.